The van der Waals surface area contributed by atoms with Crippen LogP contribution in [0.3, 0.4) is 0 Å². The van der Waals surface area contributed by atoms with E-state index in [1.807, 2.05) is 78.7 Å². The van der Waals surface area contributed by atoms with Crippen molar-refractivity contribution in [3.63, 3.8) is 0 Å². The number of benzene rings is 4. The average molecular weight is 633 g/mol. The van der Waals surface area contributed by atoms with E-state index in [4.69, 9.17) is 4.74 Å². The van der Waals surface area contributed by atoms with Crippen molar-refractivity contribution in [2.45, 2.75) is 45.5 Å². The van der Waals surface area contributed by atoms with Crippen LogP contribution in [0, 0.1) is 18.6 Å². The van der Waals surface area contributed by atoms with E-state index < -0.39 is 35.7 Å². The lowest BCUT2D eigenvalue weighted by Crippen LogP contribution is -2.42. The van der Waals surface area contributed by atoms with E-state index >= 15 is 0 Å². The van der Waals surface area contributed by atoms with Gasteiger partial charge in [-0.15, -0.1) is 0 Å². The third-order valence-corrected chi connectivity index (χ3v) is 8.20. The lowest BCUT2D eigenvalue weighted by molar-refractivity contribution is -0.142. The van der Waals surface area contributed by atoms with E-state index in [2.05, 4.69) is 5.32 Å². The van der Waals surface area contributed by atoms with E-state index in [9.17, 15) is 23.5 Å². The first-order chi connectivity index (χ1) is 21.6. The van der Waals surface area contributed by atoms with Gasteiger partial charge in [-0.3, -0.25) is 4.79 Å². The second kappa shape index (κ2) is 15.7. The molecule has 0 aliphatic carbocycles. The van der Waals surface area contributed by atoms with Crippen molar-refractivity contribution >= 4 is 29.3 Å². The number of rotatable bonds is 13. The standard InChI is InChI=1S/C36H38F2N2O4S/c1-23-8-5-6-11-31(23)33-18-25(12-13-32(33)35(42)39-34(14-15-45-4)36(43)44-3)21-40(22-26-16-28(37)20-29(38)17-26)30-10-7-9-27(19-30)24(2)41/h5-13,16-20,24,34,41H,14-15,21-22H2,1-4H3,(H,39,42)/t24?,34-/m0/s1. The van der Waals surface area contributed by atoms with Crippen LogP contribution in [0.15, 0.2) is 84.9 Å². The second-order valence-corrected chi connectivity index (χ2v) is 11.9. The molecule has 0 fully saturated rings. The van der Waals surface area contributed by atoms with Gasteiger partial charge in [-0.05, 0) is 102 Å². The van der Waals surface area contributed by atoms with Gasteiger partial charge >= 0.3 is 5.97 Å². The number of ether oxygens (including phenoxy) is 1. The summed E-state index contributed by atoms with van der Waals surface area (Å²) in [4.78, 5) is 28.1. The second-order valence-electron chi connectivity index (χ2n) is 10.9. The fraction of sp³-hybridized carbons (Fsp3) is 0.278. The highest BCUT2D eigenvalue weighted by Crippen LogP contribution is 2.31. The van der Waals surface area contributed by atoms with Crippen LogP contribution in [0.4, 0.5) is 14.5 Å². The number of methoxy groups -OCH3 is 1. The van der Waals surface area contributed by atoms with E-state index in [1.54, 1.807) is 24.8 Å². The van der Waals surface area contributed by atoms with Crippen LogP contribution in [0.1, 0.15) is 52.1 Å². The molecule has 0 saturated carbocycles. The summed E-state index contributed by atoms with van der Waals surface area (Å²) in [6.07, 6.45) is 1.66. The number of amides is 1. The minimum Gasteiger partial charge on any atom is -0.467 e. The van der Waals surface area contributed by atoms with E-state index in [-0.39, 0.29) is 6.54 Å². The number of carbonyl (C=O) groups is 2. The molecule has 0 saturated heterocycles. The van der Waals surface area contributed by atoms with Gasteiger partial charge in [-0.1, -0.05) is 42.5 Å². The van der Waals surface area contributed by atoms with Crippen LogP contribution in [-0.4, -0.2) is 42.1 Å². The number of halogens is 2. The van der Waals surface area contributed by atoms with E-state index in [0.29, 0.717) is 41.0 Å². The van der Waals surface area contributed by atoms with Crippen molar-refractivity contribution in [2.75, 3.05) is 24.0 Å². The molecule has 0 bridgehead atoms. The van der Waals surface area contributed by atoms with Gasteiger partial charge in [0.25, 0.3) is 5.91 Å². The third kappa shape index (κ3) is 8.93. The Labute approximate surface area is 267 Å². The smallest absolute Gasteiger partial charge is 0.328 e. The highest BCUT2D eigenvalue weighted by Gasteiger charge is 2.24. The van der Waals surface area contributed by atoms with Gasteiger partial charge in [0.15, 0.2) is 0 Å². The Balaban J connectivity index is 1.76. The number of esters is 1. The maximum Gasteiger partial charge on any atom is 0.328 e. The summed E-state index contributed by atoms with van der Waals surface area (Å²) in [6, 6.07) is 23.3. The molecule has 1 unspecified atom stereocenters. The number of aliphatic hydroxyl groups excluding tert-OH is 1. The molecule has 236 valence electrons. The summed E-state index contributed by atoms with van der Waals surface area (Å²) < 4.78 is 33.2. The molecule has 2 N–H and O–H groups in total. The molecule has 2 atom stereocenters. The maximum atomic E-state index is 14.1. The number of hydrogen-bond acceptors (Lipinski definition) is 6. The lowest BCUT2D eigenvalue weighted by atomic mass is 9.93. The molecule has 0 spiro atoms. The number of thioether (sulfide) groups is 1. The SMILES string of the molecule is COC(=O)[C@H](CCSC)NC(=O)c1ccc(CN(Cc2cc(F)cc(F)c2)c2cccc(C(C)O)c2)cc1-c1ccccc1C. The first-order valence-corrected chi connectivity index (χ1v) is 16.0. The van der Waals surface area contributed by atoms with Crippen LogP contribution in [0.5, 0.6) is 0 Å². The first kappa shape index (κ1) is 33.7. The van der Waals surface area contributed by atoms with Crippen LogP contribution in [0.25, 0.3) is 11.1 Å². The Kier molecular flexibility index (Phi) is 11.7. The monoisotopic (exact) mass is 632 g/mol. The minimum absolute atomic E-state index is 0.191. The minimum atomic E-state index is -0.789. The molecule has 9 heteroatoms. The van der Waals surface area contributed by atoms with Crippen LogP contribution in [-0.2, 0) is 22.6 Å². The molecular weight excluding hydrogens is 594 g/mol. The van der Waals surface area contributed by atoms with E-state index in [0.717, 1.165) is 28.4 Å². The van der Waals surface area contributed by atoms with Gasteiger partial charge < -0.3 is 20.1 Å². The fourth-order valence-electron chi connectivity index (χ4n) is 5.21. The van der Waals surface area contributed by atoms with Gasteiger partial charge in [-0.2, -0.15) is 11.8 Å². The van der Waals surface area contributed by atoms with Crippen LogP contribution >= 0.6 is 11.8 Å². The molecule has 0 heterocycles. The van der Waals surface area contributed by atoms with Crippen LogP contribution in [0.2, 0.25) is 0 Å². The molecule has 0 aromatic heterocycles. The maximum absolute atomic E-state index is 14.1. The predicted octanol–water partition coefficient (Wildman–Crippen LogP) is 7.22. The van der Waals surface area contributed by atoms with E-state index in [1.165, 1.54) is 19.2 Å². The molecule has 45 heavy (non-hydrogen) atoms. The quantitative estimate of drug-likeness (QED) is 0.152. The van der Waals surface area contributed by atoms with Crippen molar-refractivity contribution in [3.05, 3.63) is 124 Å². The Morgan fingerprint density at radius 1 is 0.911 bits per heavy atom. The van der Waals surface area contributed by atoms with Gasteiger partial charge in [0.1, 0.15) is 17.7 Å². The number of carbonyl (C=O) groups excluding carboxylic acids is 2. The molecule has 6 nitrogen and oxygen atoms in total. The Morgan fingerprint density at radius 2 is 1.62 bits per heavy atom. The topological polar surface area (TPSA) is 78.9 Å². The molecule has 4 rings (SSSR count). The van der Waals surface area contributed by atoms with Crippen molar-refractivity contribution < 1.29 is 28.2 Å². The molecule has 4 aromatic carbocycles. The first-order valence-electron chi connectivity index (χ1n) is 14.6. The van der Waals surface area contributed by atoms with Gasteiger partial charge in [-0.25, -0.2) is 13.6 Å². The van der Waals surface area contributed by atoms with Crippen molar-refractivity contribution in [1.82, 2.24) is 5.32 Å². The van der Waals surface area contributed by atoms with Gasteiger partial charge in [0, 0.05) is 30.4 Å². The number of anilines is 1. The lowest BCUT2D eigenvalue weighted by Gasteiger charge is -2.27. The van der Waals surface area contributed by atoms with Crippen molar-refractivity contribution in [3.8, 4) is 11.1 Å². The normalized spacial score (nSPS) is 12.3. The summed E-state index contributed by atoms with van der Waals surface area (Å²) in [5, 5.41) is 13.1. The van der Waals surface area contributed by atoms with Gasteiger partial charge in [0.2, 0.25) is 0 Å². The largest absolute Gasteiger partial charge is 0.467 e. The zero-order valence-electron chi connectivity index (χ0n) is 25.8. The predicted molar refractivity (Wildman–Crippen MR) is 176 cm³/mol. The molecule has 0 aliphatic rings. The Morgan fingerprint density at radius 3 is 2.29 bits per heavy atom. The number of nitrogens with one attached hydrogen (secondary N) is 1. The molecular formula is C36H38F2N2O4S. The zero-order chi connectivity index (χ0) is 32.5. The van der Waals surface area contributed by atoms with Crippen molar-refractivity contribution in [2.24, 2.45) is 0 Å². The molecule has 1 amide bonds. The number of nitrogens with zero attached hydrogens (tertiary/aromatic N) is 1. The Bertz CT molecular complexity index is 1630. The number of hydrogen-bond donors (Lipinski definition) is 2. The summed E-state index contributed by atoms with van der Waals surface area (Å²) in [6.45, 7) is 4.16. The van der Waals surface area contributed by atoms with Crippen LogP contribution < -0.4 is 10.2 Å². The fourth-order valence-corrected chi connectivity index (χ4v) is 5.68. The summed E-state index contributed by atoms with van der Waals surface area (Å²) >= 11 is 1.57. The summed E-state index contributed by atoms with van der Waals surface area (Å²) in [5.41, 5.74) is 5.67. The molecule has 4 aromatic rings. The van der Waals surface area contributed by atoms with Gasteiger partial charge in [0.05, 0.1) is 13.2 Å². The summed E-state index contributed by atoms with van der Waals surface area (Å²) in [5.74, 6) is -1.56. The third-order valence-electron chi connectivity index (χ3n) is 7.55. The highest BCUT2D eigenvalue weighted by atomic mass is 32.2. The number of aryl methyl sites for hydroxylation is 1. The Hall–Kier alpha value is -4.21. The molecule has 0 radical (unpaired) electrons. The highest BCUT2D eigenvalue weighted by molar-refractivity contribution is 7.98. The number of aliphatic hydroxyl groups is 1. The molecule has 0 aliphatic heterocycles. The van der Waals surface area contributed by atoms with Crippen molar-refractivity contribution in [1.29, 1.82) is 0 Å². The average Bonchev–Trinajstić information content (AvgIpc) is 3.02. The zero-order valence-corrected chi connectivity index (χ0v) is 26.7. The summed E-state index contributed by atoms with van der Waals surface area (Å²) in [7, 11) is 1.30.